The summed E-state index contributed by atoms with van der Waals surface area (Å²) in [5, 5.41) is 0. The monoisotopic (exact) mass is 425 g/mol. The lowest BCUT2D eigenvalue weighted by Crippen LogP contribution is -2.46. The topological polar surface area (TPSA) is 54.8 Å². The standard InChI is InChI=1S/C25H35N3O3/c1-5-6-16-31-23-13-9-20(10-14-23)25(30)27(19(2)3)18-24(29)28(21-11-12-21)17-22-8-7-15-26(22)4/h7-10,13-15,19,21H,5-6,11-12,16-18H2,1-4H3. The molecule has 6 heteroatoms. The van der Waals surface area contributed by atoms with Gasteiger partial charge in [-0.05, 0) is 69.5 Å². The lowest BCUT2D eigenvalue weighted by atomic mass is 10.1. The van der Waals surface area contributed by atoms with Crippen LogP contribution in [0.1, 0.15) is 62.5 Å². The van der Waals surface area contributed by atoms with E-state index in [0.29, 0.717) is 18.7 Å². The van der Waals surface area contributed by atoms with Gasteiger partial charge in [0, 0.05) is 36.6 Å². The van der Waals surface area contributed by atoms with Gasteiger partial charge in [0.25, 0.3) is 5.91 Å². The highest BCUT2D eigenvalue weighted by atomic mass is 16.5. The molecule has 0 radical (unpaired) electrons. The summed E-state index contributed by atoms with van der Waals surface area (Å²) in [5.41, 5.74) is 1.67. The molecule has 0 aliphatic heterocycles. The second-order valence-electron chi connectivity index (χ2n) is 8.62. The Balaban J connectivity index is 1.67. The molecule has 3 rings (SSSR count). The number of benzene rings is 1. The van der Waals surface area contributed by atoms with Crippen LogP contribution >= 0.6 is 0 Å². The Morgan fingerprint density at radius 1 is 1.16 bits per heavy atom. The van der Waals surface area contributed by atoms with Gasteiger partial charge >= 0.3 is 0 Å². The fourth-order valence-electron chi connectivity index (χ4n) is 3.56. The van der Waals surface area contributed by atoms with Crippen molar-refractivity contribution in [2.45, 2.75) is 65.1 Å². The molecule has 1 aromatic carbocycles. The van der Waals surface area contributed by atoms with Crippen LogP contribution in [0.2, 0.25) is 0 Å². The Kier molecular flexibility index (Phi) is 7.77. The molecule has 1 aliphatic carbocycles. The molecule has 1 fully saturated rings. The summed E-state index contributed by atoms with van der Waals surface area (Å²) < 4.78 is 7.73. The van der Waals surface area contributed by atoms with E-state index in [1.165, 1.54) is 0 Å². The summed E-state index contributed by atoms with van der Waals surface area (Å²) in [5.74, 6) is 0.642. The third-order valence-electron chi connectivity index (χ3n) is 5.75. The number of ether oxygens (including phenoxy) is 1. The number of amides is 2. The summed E-state index contributed by atoms with van der Waals surface area (Å²) in [4.78, 5) is 30.0. The fraction of sp³-hybridized carbons (Fsp3) is 0.520. The number of carbonyl (C=O) groups excluding carboxylic acids is 2. The highest BCUT2D eigenvalue weighted by Gasteiger charge is 2.34. The minimum absolute atomic E-state index is 0.00488. The van der Waals surface area contributed by atoms with E-state index < -0.39 is 0 Å². The molecule has 1 aromatic heterocycles. The van der Waals surface area contributed by atoms with Crippen molar-refractivity contribution in [2.75, 3.05) is 13.2 Å². The first-order valence-corrected chi connectivity index (χ1v) is 11.3. The molecule has 6 nitrogen and oxygen atoms in total. The van der Waals surface area contributed by atoms with Crippen LogP contribution in [0.25, 0.3) is 0 Å². The molecule has 0 N–H and O–H groups in total. The normalized spacial score (nSPS) is 13.3. The van der Waals surface area contributed by atoms with Crippen LogP contribution < -0.4 is 4.74 Å². The van der Waals surface area contributed by atoms with Crippen LogP contribution in [-0.2, 0) is 18.4 Å². The van der Waals surface area contributed by atoms with Crippen molar-refractivity contribution < 1.29 is 14.3 Å². The number of hydrogen-bond acceptors (Lipinski definition) is 3. The van der Waals surface area contributed by atoms with E-state index in [0.717, 1.165) is 37.1 Å². The van der Waals surface area contributed by atoms with E-state index in [1.54, 1.807) is 17.0 Å². The molecule has 0 saturated heterocycles. The molecule has 1 aliphatic rings. The molecule has 2 amide bonds. The van der Waals surface area contributed by atoms with Gasteiger partial charge in [-0.2, -0.15) is 0 Å². The van der Waals surface area contributed by atoms with Gasteiger partial charge in [-0.25, -0.2) is 0 Å². The van der Waals surface area contributed by atoms with Crippen molar-refractivity contribution in [3.8, 4) is 5.75 Å². The molecule has 168 valence electrons. The first-order chi connectivity index (χ1) is 14.9. The summed E-state index contributed by atoms with van der Waals surface area (Å²) in [6, 6.07) is 11.5. The van der Waals surface area contributed by atoms with Crippen LogP contribution in [0.3, 0.4) is 0 Å². The van der Waals surface area contributed by atoms with Crippen molar-refractivity contribution >= 4 is 11.8 Å². The van der Waals surface area contributed by atoms with Gasteiger partial charge in [0.2, 0.25) is 5.91 Å². The van der Waals surface area contributed by atoms with Crippen molar-refractivity contribution in [1.82, 2.24) is 14.4 Å². The molecule has 2 aromatic rings. The van der Waals surface area contributed by atoms with Gasteiger partial charge in [-0.1, -0.05) is 13.3 Å². The second-order valence-corrected chi connectivity index (χ2v) is 8.62. The largest absolute Gasteiger partial charge is 0.494 e. The number of rotatable bonds is 11. The second kappa shape index (κ2) is 10.5. The Hall–Kier alpha value is -2.76. The molecule has 0 spiro atoms. The summed E-state index contributed by atoms with van der Waals surface area (Å²) in [6.07, 6.45) is 6.14. The van der Waals surface area contributed by atoms with E-state index >= 15 is 0 Å². The number of hydrogen-bond donors (Lipinski definition) is 0. The quantitative estimate of drug-likeness (QED) is 0.506. The van der Waals surface area contributed by atoms with Crippen LogP contribution in [0, 0.1) is 0 Å². The molecule has 1 saturated carbocycles. The maximum atomic E-state index is 13.2. The van der Waals surface area contributed by atoms with Gasteiger partial charge in [-0.15, -0.1) is 0 Å². The zero-order valence-corrected chi connectivity index (χ0v) is 19.2. The highest BCUT2D eigenvalue weighted by molar-refractivity contribution is 5.96. The van der Waals surface area contributed by atoms with Crippen molar-refractivity contribution in [1.29, 1.82) is 0 Å². The summed E-state index contributed by atoms with van der Waals surface area (Å²) >= 11 is 0. The highest BCUT2D eigenvalue weighted by Crippen LogP contribution is 2.29. The predicted molar refractivity (Wildman–Crippen MR) is 122 cm³/mol. The zero-order valence-electron chi connectivity index (χ0n) is 19.2. The molecular formula is C25H35N3O3. The van der Waals surface area contributed by atoms with Gasteiger partial charge in [0.1, 0.15) is 12.3 Å². The summed E-state index contributed by atoms with van der Waals surface area (Å²) in [6.45, 7) is 7.37. The molecule has 0 atom stereocenters. The molecule has 31 heavy (non-hydrogen) atoms. The average molecular weight is 426 g/mol. The molecule has 1 heterocycles. The Bertz CT molecular complexity index is 868. The number of aryl methyl sites for hydroxylation is 1. The zero-order chi connectivity index (χ0) is 22.4. The van der Waals surface area contributed by atoms with Crippen molar-refractivity contribution in [2.24, 2.45) is 7.05 Å². The Morgan fingerprint density at radius 2 is 1.87 bits per heavy atom. The van der Waals surface area contributed by atoms with Gasteiger partial charge < -0.3 is 19.1 Å². The first kappa shape index (κ1) is 22.9. The molecule has 0 unspecified atom stereocenters. The minimum Gasteiger partial charge on any atom is -0.494 e. The van der Waals surface area contributed by atoms with E-state index in [2.05, 4.69) is 6.92 Å². The van der Waals surface area contributed by atoms with Crippen molar-refractivity contribution in [3.63, 3.8) is 0 Å². The van der Waals surface area contributed by atoms with Gasteiger partial charge in [-0.3, -0.25) is 9.59 Å². The van der Waals surface area contributed by atoms with Crippen LogP contribution in [0.15, 0.2) is 42.6 Å². The third-order valence-corrected chi connectivity index (χ3v) is 5.75. The van der Waals surface area contributed by atoms with Gasteiger partial charge in [0.15, 0.2) is 0 Å². The average Bonchev–Trinajstić information content (AvgIpc) is 3.51. The SMILES string of the molecule is CCCCOc1ccc(C(=O)N(CC(=O)N(Cc2cccn2C)C2CC2)C(C)C)cc1. The fourth-order valence-corrected chi connectivity index (χ4v) is 3.56. The number of unbranched alkanes of at least 4 members (excludes halogenated alkanes) is 1. The predicted octanol–water partition coefficient (Wildman–Crippen LogP) is 4.25. The lowest BCUT2D eigenvalue weighted by Gasteiger charge is -2.30. The molecular weight excluding hydrogens is 390 g/mol. The smallest absolute Gasteiger partial charge is 0.254 e. The third kappa shape index (κ3) is 6.12. The summed E-state index contributed by atoms with van der Waals surface area (Å²) in [7, 11) is 1.99. The number of nitrogens with zero attached hydrogens (tertiary/aromatic N) is 3. The van der Waals surface area contributed by atoms with E-state index in [4.69, 9.17) is 4.74 Å². The van der Waals surface area contributed by atoms with Gasteiger partial charge in [0.05, 0.1) is 13.2 Å². The Labute approximate surface area is 185 Å². The van der Waals surface area contributed by atoms with Crippen LogP contribution in [0.5, 0.6) is 5.75 Å². The first-order valence-electron chi connectivity index (χ1n) is 11.3. The number of carbonyl (C=O) groups is 2. The van der Waals surface area contributed by atoms with E-state index in [1.807, 2.05) is 60.8 Å². The van der Waals surface area contributed by atoms with Crippen molar-refractivity contribution in [3.05, 3.63) is 53.9 Å². The minimum atomic E-state index is -0.127. The number of aromatic nitrogens is 1. The maximum absolute atomic E-state index is 13.2. The molecule has 0 bridgehead atoms. The maximum Gasteiger partial charge on any atom is 0.254 e. The van der Waals surface area contributed by atoms with E-state index in [-0.39, 0.29) is 30.4 Å². The van der Waals surface area contributed by atoms with Crippen LogP contribution in [-0.4, -0.2) is 51.4 Å². The lowest BCUT2D eigenvalue weighted by molar-refractivity contribution is -0.133. The van der Waals surface area contributed by atoms with E-state index in [9.17, 15) is 9.59 Å². The Morgan fingerprint density at radius 3 is 2.42 bits per heavy atom. The van der Waals surface area contributed by atoms with Crippen LogP contribution in [0.4, 0.5) is 0 Å².